The van der Waals surface area contributed by atoms with Crippen molar-refractivity contribution in [3.8, 4) is 33.6 Å². The standard InChI is InChI=1S/C29H28ClFN4O.C25H24ClN3O/c30-23-11-8-20(9-12-23)28-26(19-33-14-16-34(17-15-33)29(36)21-4-3-5-21)35-18-22(10-13-27(35)32-28)24-6-1-2-7-25(24)31;26-22-9-7-21(8-10-22)25-23(18-28-12-14-30-15-13-28)29-17-20(6-11-24(29)27-25)16-19-4-2-1-3-5-19/h1-2,6-13,18,21H,3-5,14-17,19H2;1-11,17H,12-16,18H2. The van der Waals surface area contributed by atoms with Crippen LogP contribution in [-0.2, 0) is 29.0 Å². The van der Waals surface area contributed by atoms with E-state index in [9.17, 15) is 9.18 Å². The molecule has 12 heteroatoms. The number of hydrogen-bond donors (Lipinski definition) is 0. The molecule has 4 aromatic carbocycles. The Morgan fingerprint density at radius 3 is 1.73 bits per heavy atom. The summed E-state index contributed by atoms with van der Waals surface area (Å²) < 4.78 is 24.5. The number of amides is 1. The van der Waals surface area contributed by atoms with Crippen LogP contribution < -0.4 is 0 Å². The fourth-order valence-corrected chi connectivity index (χ4v) is 9.48. The van der Waals surface area contributed by atoms with E-state index in [2.05, 4.69) is 79.4 Å². The van der Waals surface area contributed by atoms with Gasteiger partial charge in [-0.25, -0.2) is 14.4 Å². The van der Waals surface area contributed by atoms with Crippen LogP contribution in [-0.4, -0.2) is 91.9 Å². The minimum Gasteiger partial charge on any atom is -0.379 e. The Hall–Kier alpha value is -5.88. The maximum absolute atomic E-state index is 14.6. The van der Waals surface area contributed by atoms with Gasteiger partial charge >= 0.3 is 0 Å². The molecule has 6 heterocycles. The van der Waals surface area contributed by atoms with Gasteiger partial charge in [-0.3, -0.25) is 14.6 Å². The molecule has 0 spiro atoms. The van der Waals surface area contributed by atoms with E-state index < -0.39 is 0 Å². The number of rotatable bonds is 10. The molecule has 1 amide bonds. The number of fused-ring (bicyclic) bond motifs is 2. The molecular formula is C54H52Cl2FN7O2. The Labute approximate surface area is 395 Å². The van der Waals surface area contributed by atoms with Gasteiger partial charge in [0.25, 0.3) is 0 Å². The molecule has 0 atom stereocenters. The summed E-state index contributed by atoms with van der Waals surface area (Å²) in [5.74, 6) is 0.319. The molecule has 11 rings (SSSR count). The van der Waals surface area contributed by atoms with Crippen molar-refractivity contribution in [1.29, 1.82) is 0 Å². The first-order chi connectivity index (χ1) is 32.3. The van der Waals surface area contributed by atoms with Crippen LogP contribution in [0.25, 0.3) is 44.9 Å². The van der Waals surface area contributed by atoms with Crippen LogP contribution in [0.3, 0.4) is 0 Å². The van der Waals surface area contributed by atoms with E-state index in [1.54, 1.807) is 12.1 Å². The van der Waals surface area contributed by atoms with Crippen LogP contribution in [0.2, 0.25) is 10.0 Å². The van der Waals surface area contributed by atoms with Gasteiger partial charge in [0.2, 0.25) is 5.91 Å². The molecule has 2 saturated heterocycles. The van der Waals surface area contributed by atoms with E-state index in [-0.39, 0.29) is 11.7 Å². The predicted octanol–water partition coefficient (Wildman–Crippen LogP) is 11.0. The van der Waals surface area contributed by atoms with Crippen molar-refractivity contribution in [2.75, 3.05) is 52.5 Å². The molecule has 0 unspecified atom stereocenters. The van der Waals surface area contributed by atoms with Crippen LogP contribution in [0, 0.1) is 11.7 Å². The average molecular weight is 921 g/mol. The molecule has 1 saturated carbocycles. The minimum atomic E-state index is -0.247. The summed E-state index contributed by atoms with van der Waals surface area (Å²) in [6, 6.07) is 41.3. The Morgan fingerprint density at radius 2 is 1.14 bits per heavy atom. The number of benzene rings is 4. The van der Waals surface area contributed by atoms with Gasteiger partial charge in [-0.15, -0.1) is 0 Å². The normalized spacial score (nSPS) is 16.0. The summed E-state index contributed by atoms with van der Waals surface area (Å²) in [6.07, 6.45) is 8.37. The highest BCUT2D eigenvalue weighted by Crippen LogP contribution is 2.32. The zero-order valence-electron chi connectivity index (χ0n) is 36.8. The molecule has 0 N–H and O–H groups in total. The molecule has 9 nitrogen and oxygen atoms in total. The summed E-state index contributed by atoms with van der Waals surface area (Å²) in [6.45, 7) is 8.12. The number of carbonyl (C=O) groups is 1. The Bertz CT molecular complexity index is 2940. The first kappa shape index (κ1) is 44.0. The number of carbonyl (C=O) groups excluding carboxylic acids is 1. The molecule has 2 aliphatic heterocycles. The van der Waals surface area contributed by atoms with Crippen molar-refractivity contribution in [3.05, 3.63) is 178 Å². The Morgan fingerprint density at radius 1 is 0.591 bits per heavy atom. The van der Waals surface area contributed by atoms with Crippen molar-refractivity contribution >= 4 is 40.4 Å². The van der Waals surface area contributed by atoms with E-state index in [1.165, 1.54) is 29.3 Å². The Kier molecular flexibility index (Phi) is 13.3. The maximum Gasteiger partial charge on any atom is 0.225 e. The fraction of sp³-hybridized carbons (Fsp3) is 0.278. The van der Waals surface area contributed by atoms with Crippen LogP contribution in [0.5, 0.6) is 0 Å². The number of morpholine rings is 1. The lowest BCUT2D eigenvalue weighted by Crippen LogP contribution is -2.50. The number of piperazine rings is 1. The highest BCUT2D eigenvalue weighted by atomic mass is 35.5. The van der Waals surface area contributed by atoms with Gasteiger partial charge in [-0.05, 0) is 78.9 Å². The van der Waals surface area contributed by atoms with E-state index in [1.807, 2.05) is 65.7 Å². The lowest BCUT2D eigenvalue weighted by Gasteiger charge is -2.38. The Balaban J connectivity index is 0.000000158. The minimum absolute atomic E-state index is 0.239. The van der Waals surface area contributed by atoms with E-state index in [0.29, 0.717) is 23.0 Å². The van der Waals surface area contributed by atoms with Crippen LogP contribution in [0.1, 0.15) is 41.8 Å². The molecule has 0 radical (unpaired) electrons. The van der Waals surface area contributed by atoms with Crippen LogP contribution in [0.15, 0.2) is 140 Å². The molecular weight excluding hydrogens is 869 g/mol. The third-order valence-electron chi connectivity index (χ3n) is 13.2. The first-order valence-corrected chi connectivity index (χ1v) is 23.7. The third kappa shape index (κ3) is 9.80. The molecule has 3 fully saturated rings. The van der Waals surface area contributed by atoms with Gasteiger partial charge in [-0.2, -0.15) is 0 Å². The molecule has 4 aromatic heterocycles. The number of halogens is 3. The summed E-state index contributed by atoms with van der Waals surface area (Å²) >= 11 is 12.3. The molecule has 8 aromatic rings. The largest absolute Gasteiger partial charge is 0.379 e. The zero-order chi connectivity index (χ0) is 45.0. The van der Waals surface area contributed by atoms with E-state index >= 15 is 0 Å². The highest BCUT2D eigenvalue weighted by molar-refractivity contribution is 6.31. The highest BCUT2D eigenvalue weighted by Gasteiger charge is 2.32. The first-order valence-electron chi connectivity index (χ1n) is 23.0. The topological polar surface area (TPSA) is 70.6 Å². The second kappa shape index (κ2) is 19.9. The van der Waals surface area contributed by atoms with E-state index in [0.717, 1.165) is 128 Å². The second-order valence-corrected chi connectivity index (χ2v) is 18.4. The van der Waals surface area contributed by atoms with Gasteiger partial charge in [0.15, 0.2) is 0 Å². The van der Waals surface area contributed by atoms with Gasteiger partial charge in [-0.1, -0.05) is 108 Å². The number of imidazole rings is 2. The SMILES string of the molecule is Clc1ccc(-c2nc3ccc(Cc4ccccc4)cn3c2CN2CCOCC2)cc1.O=C(C1CCC1)N1CCN(Cc2c(-c3ccc(Cl)cc3)nc3ccc(-c4ccccc4F)cn23)CC1. The van der Waals surface area contributed by atoms with Gasteiger partial charge < -0.3 is 18.4 Å². The predicted molar refractivity (Wildman–Crippen MR) is 261 cm³/mol. The van der Waals surface area contributed by atoms with Crippen molar-refractivity contribution in [2.24, 2.45) is 5.92 Å². The zero-order valence-corrected chi connectivity index (χ0v) is 38.3. The quantitative estimate of drug-likeness (QED) is 0.136. The van der Waals surface area contributed by atoms with Crippen molar-refractivity contribution in [1.82, 2.24) is 33.5 Å². The van der Waals surface area contributed by atoms with Gasteiger partial charge in [0.05, 0.1) is 36.0 Å². The number of aromatic nitrogens is 4. The number of hydrogen-bond acceptors (Lipinski definition) is 6. The summed E-state index contributed by atoms with van der Waals surface area (Å²) in [4.78, 5) is 29.5. The number of nitrogens with zero attached hydrogens (tertiary/aromatic N) is 7. The number of pyridine rings is 2. The van der Waals surface area contributed by atoms with Crippen LogP contribution in [0.4, 0.5) is 4.39 Å². The summed E-state index contributed by atoms with van der Waals surface area (Å²) in [5.41, 5.74) is 12.0. The second-order valence-electron chi connectivity index (χ2n) is 17.5. The average Bonchev–Trinajstić information content (AvgIpc) is 3.87. The molecule has 1 aliphatic carbocycles. The number of ether oxygens (including phenoxy) is 1. The lowest BCUT2D eigenvalue weighted by atomic mass is 9.84. The van der Waals surface area contributed by atoms with Gasteiger partial charge in [0.1, 0.15) is 17.1 Å². The molecule has 3 aliphatic rings. The fourth-order valence-electron chi connectivity index (χ4n) is 9.22. The smallest absolute Gasteiger partial charge is 0.225 e. The van der Waals surface area contributed by atoms with Crippen LogP contribution >= 0.6 is 23.2 Å². The van der Waals surface area contributed by atoms with E-state index in [4.69, 9.17) is 37.9 Å². The monoisotopic (exact) mass is 919 g/mol. The molecule has 66 heavy (non-hydrogen) atoms. The lowest BCUT2D eigenvalue weighted by molar-refractivity contribution is -0.140. The van der Waals surface area contributed by atoms with Crippen molar-refractivity contribution < 1.29 is 13.9 Å². The summed E-state index contributed by atoms with van der Waals surface area (Å²) in [7, 11) is 0. The van der Waals surface area contributed by atoms with Crippen molar-refractivity contribution in [2.45, 2.75) is 38.8 Å². The maximum atomic E-state index is 14.6. The van der Waals surface area contributed by atoms with Crippen molar-refractivity contribution in [3.63, 3.8) is 0 Å². The third-order valence-corrected chi connectivity index (χ3v) is 13.7. The molecule has 336 valence electrons. The van der Waals surface area contributed by atoms with Gasteiger partial charge in [0, 0.05) is 103 Å². The molecule has 0 bridgehead atoms. The summed E-state index contributed by atoms with van der Waals surface area (Å²) in [5, 5.41) is 1.42.